The molecule has 6 N–H and O–H groups in total. The molecule has 18 atom stereocenters. The SMILES string of the molecule is COC(=O)C[C@H](C(=O)N1C(C2=Nc3cc(-c4cc5ccc4CCc4ccc(c(-c6ccc7nc([C@@H]8C[C@@H]9CCCC[C@@H]9N8C(=O)[C@@H](NC(=O)OC)[C@@H](C)OC)[nH]c7c6)c4)CC5)ccc3C2)C[C@@H]2CCCC[C@@H]21)[C@@H](C)OC.COC(=O)C[C@H](C(=O)O)[C@@H](C)OC.c1cc2c(-c3ccc4nc(C5C[C@H]6CCCC[C@H]6C5)[nH]c4c3)cc1CCc1ccc(cc1-c1ccc3nc([C@@H]4C[C@@H]5CCCC[C@@H]5N4)[nH]c3c1)CC2. The molecule has 5 saturated carbocycles. The summed E-state index contributed by atoms with van der Waals surface area (Å²) >= 11 is 0. The van der Waals surface area contributed by atoms with Gasteiger partial charge in [-0.2, -0.15) is 0 Å². The van der Waals surface area contributed by atoms with E-state index in [9.17, 15) is 28.8 Å². The van der Waals surface area contributed by atoms with E-state index in [1.165, 1.54) is 200 Å². The first-order chi connectivity index (χ1) is 68.6. The van der Waals surface area contributed by atoms with Gasteiger partial charge in [-0.1, -0.05) is 167 Å². The van der Waals surface area contributed by atoms with E-state index >= 15 is 0 Å². The summed E-state index contributed by atoms with van der Waals surface area (Å²) in [6.45, 7) is 5.27. The third kappa shape index (κ3) is 20.5. The van der Waals surface area contributed by atoms with Gasteiger partial charge in [-0.25, -0.2) is 19.7 Å². The van der Waals surface area contributed by atoms with Gasteiger partial charge in [0, 0.05) is 57.5 Å². The minimum Gasteiger partial charge on any atom is -0.481 e. The molecule has 141 heavy (non-hydrogen) atoms. The number of aliphatic imine (C=N–C) groups is 1. The number of aromatic nitrogens is 6. The van der Waals surface area contributed by atoms with Crippen LogP contribution in [0.25, 0.3) is 77.6 Å². The van der Waals surface area contributed by atoms with Crippen LogP contribution in [0, 0.1) is 41.4 Å². The number of carboxylic acids is 1. The second-order valence-corrected chi connectivity index (χ2v) is 42.5. The highest BCUT2D eigenvalue weighted by Gasteiger charge is 2.52. The molecule has 4 aliphatic heterocycles. The number of imidazole rings is 3. The number of aryl methyl sites for hydroxylation is 8. The number of esters is 2. The van der Waals surface area contributed by atoms with Crippen molar-refractivity contribution in [2.75, 3.05) is 42.7 Å². The van der Waals surface area contributed by atoms with Crippen molar-refractivity contribution in [2.45, 2.75) is 293 Å². The van der Waals surface area contributed by atoms with Crippen molar-refractivity contribution < 1.29 is 62.3 Å². The Morgan fingerprint density at radius 2 is 0.816 bits per heavy atom. The average Bonchev–Trinajstić information content (AvgIpc) is 1.60. The number of amides is 3. The number of H-pyrrole nitrogens is 3. The van der Waals surface area contributed by atoms with Crippen molar-refractivity contribution in [3.8, 4) is 44.5 Å². The number of fused-ring (bicyclic) bond motifs is 8. The van der Waals surface area contributed by atoms with Gasteiger partial charge in [-0.15, -0.1) is 0 Å². The summed E-state index contributed by atoms with van der Waals surface area (Å²) in [7, 11) is 8.45. The number of aromatic amines is 3. The molecule has 740 valence electrons. The normalized spacial score (nSPS) is 24.5. The first-order valence-electron chi connectivity index (χ1n) is 52.5. The zero-order valence-electron chi connectivity index (χ0n) is 83.4. The van der Waals surface area contributed by atoms with E-state index in [0.29, 0.717) is 36.3 Å². The molecule has 3 amide bonds. The maximum atomic E-state index is 14.7. The van der Waals surface area contributed by atoms with Crippen molar-refractivity contribution >= 4 is 80.3 Å². The highest BCUT2D eigenvalue weighted by atomic mass is 16.5. The summed E-state index contributed by atoms with van der Waals surface area (Å²) in [5.74, 6) is 3.46. The van der Waals surface area contributed by atoms with E-state index in [2.05, 4.69) is 181 Å². The largest absolute Gasteiger partial charge is 0.481 e. The summed E-state index contributed by atoms with van der Waals surface area (Å²) in [5.41, 5.74) is 30.5. The average molecular weight is 1910 g/mol. The number of likely N-dealkylation sites (tertiary alicyclic amines) is 2. The predicted octanol–water partition coefficient (Wildman–Crippen LogP) is 21.6. The van der Waals surface area contributed by atoms with Crippen LogP contribution in [0.2, 0.25) is 0 Å². The van der Waals surface area contributed by atoms with Crippen molar-refractivity contribution in [3.63, 3.8) is 0 Å². The number of ether oxygens (including phenoxy) is 6. The zero-order chi connectivity index (χ0) is 97.4. The molecule has 8 bridgehead atoms. The minimum absolute atomic E-state index is 0.0113. The highest BCUT2D eigenvalue weighted by molar-refractivity contribution is 6.02. The van der Waals surface area contributed by atoms with E-state index in [4.69, 9.17) is 48.7 Å². The summed E-state index contributed by atoms with van der Waals surface area (Å²) in [4.78, 5) is 112. The monoisotopic (exact) mass is 1910 g/mol. The number of aliphatic carboxylic acids is 1. The molecule has 24 nitrogen and oxygen atoms in total. The van der Waals surface area contributed by atoms with E-state index < -0.39 is 60.2 Å². The molecule has 8 fully saturated rings. The second-order valence-electron chi connectivity index (χ2n) is 42.5. The zero-order valence-corrected chi connectivity index (χ0v) is 83.4. The van der Waals surface area contributed by atoms with Crippen LogP contribution >= 0.6 is 0 Å². The molecule has 2 unspecified atom stereocenters. The summed E-state index contributed by atoms with van der Waals surface area (Å²) in [6, 6.07) is 55.5. The standard InChI is InChI=1S/C62H74N6O8.C47H51N5.C8H14O5/c1-35(73-3)46(34-57(69)75-5)60(70)67-53-13-9-7-11-44(53)32-55(67)52-31-43-24-23-41(29-50(43)63-52)47-27-37-15-19-39(47)20-16-38-18-22-40(21-17-37)48(28-38)42-25-26-49-51(30-42)65-59(64-49)56-33-45-12-8-10-14-54(45)68(56)61(71)58(36(2)74-4)66-62(72)76-6;1-2-6-33-24-37(23-32(33)5-1)46-49-41-19-17-34(25-43(41)51-46)38-21-28-9-13-30(38)14-10-29-12-16-31(15-11-28)39(22-29)35-18-20-42-44(26-35)52-47(50-42)45-27-36-7-3-4-8-40(36)48-45;1-5(12-2)6(8(10)11)4-7(9)13-3/h15,18-19,22-30,35-36,44-46,53-56,58H,7-14,16-17,20-21,31-34H2,1-6H3,(H,64,65)(H,66,72);9,12-13,16-22,25-26,32-33,36-37,40,45,48H,1-8,10-11,14-15,23-24,27H2,(H,49,51)(H,50,52);5-6H,4H2,1-3H3,(H,10,11)/t35-,36-,44+,45+,46+,53+,54+,55?,56+,58+;32-,33+,36-,37?,40-,45-;5-,6+/m101/s1. The number of carboxylic acid groups (broad SMARTS) is 1. The number of rotatable bonds is 22. The van der Waals surface area contributed by atoms with Gasteiger partial charge in [0.15, 0.2) is 0 Å². The van der Waals surface area contributed by atoms with E-state index in [1.54, 1.807) is 28.1 Å². The van der Waals surface area contributed by atoms with Crippen LogP contribution in [0.4, 0.5) is 10.5 Å². The molecule has 0 spiro atoms. The minimum atomic E-state index is -1.06. The molecule has 8 aromatic carbocycles. The van der Waals surface area contributed by atoms with Gasteiger partial charge in [0.1, 0.15) is 23.5 Å². The van der Waals surface area contributed by atoms with Crippen LogP contribution in [0.15, 0.2) is 151 Å². The van der Waals surface area contributed by atoms with Gasteiger partial charge >= 0.3 is 24.0 Å². The number of benzene rings is 8. The Morgan fingerprint density at radius 1 is 0.404 bits per heavy atom. The van der Waals surface area contributed by atoms with Crippen molar-refractivity contribution in [2.24, 2.45) is 46.4 Å². The third-order valence-corrected chi connectivity index (χ3v) is 34.4. The van der Waals surface area contributed by atoms with E-state index in [0.717, 1.165) is 189 Å². The molecule has 11 aromatic rings. The maximum Gasteiger partial charge on any atom is 0.407 e. The van der Waals surface area contributed by atoms with Gasteiger partial charge in [-0.3, -0.25) is 29.0 Å². The lowest BCUT2D eigenvalue weighted by molar-refractivity contribution is -0.154. The van der Waals surface area contributed by atoms with Crippen LogP contribution in [-0.4, -0.2) is 178 Å². The van der Waals surface area contributed by atoms with Gasteiger partial charge in [0.2, 0.25) is 11.8 Å². The maximum absolute atomic E-state index is 14.7. The Balaban J connectivity index is 0.000000161. The number of hydrogen-bond acceptors (Lipinski definition) is 17. The Kier molecular flexibility index (Phi) is 29.1. The van der Waals surface area contributed by atoms with Crippen molar-refractivity contribution in [1.29, 1.82) is 0 Å². The fourth-order valence-electron chi connectivity index (χ4n) is 26.2. The fourth-order valence-corrected chi connectivity index (χ4v) is 26.2. The van der Waals surface area contributed by atoms with Gasteiger partial charge in [-0.05, 0) is 309 Å². The van der Waals surface area contributed by atoms with Crippen LogP contribution < -0.4 is 10.6 Å². The molecule has 0 radical (unpaired) electrons. The second kappa shape index (κ2) is 42.5. The van der Waals surface area contributed by atoms with Crippen molar-refractivity contribution in [3.05, 3.63) is 213 Å². The number of nitrogens with one attached hydrogen (secondary N) is 5. The first-order valence-corrected chi connectivity index (χ1v) is 52.5. The number of hydrogen-bond donors (Lipinski definition) is 6. The Morgan fingerprint density at radius 3 is 1.30 bits per heavy atom. The Hall–Kier alpha value is -11.7. The molecule has 3 saturated heterocycles. The van der Waals surface area contributed by atoms with E-state index in [1.807, 2.05) is 11.8 Å². The molecule has 3 aromatic heterocycles. The highest BCUT2D eigenvalue weighted by Crippen LogP contribution is 2.52. The Bertz CT molecular complexity index is 6320. The number of methoxy groups -OCH3 is 6. The lowest BCUT2D eigenvalue weighted by atomic mass is 9.82. The smallest absolute Gasteiger partial charge is 0.407 e. The molecule has 7 heterocycles. The molecular formula is C117H139N11O13. The summed E-state index contributed by atoms with van der Waals surface area (Å²) < 4.78 is 30.5. The number of carbonyl (C=O) groups excluding carboxylic acids is 5. The van der Waals surface area contributed by atoms with Gasteiger partial charge in [0.25, 0.3) is 0 Å². The molecule has 24 heteroatoms. The lowest BCUT2D eigenvalue weighted by Crippen LogP contribution is -2.56. The summed E-state index contributed by atoms with van der Waals surface area (Å²) in [6.07, 6.45) is 31.1. The van der Waals surface area contributed by atoms with Crippen LogP contribution in [0.3, 0.4) is 0 Å². The molecular weight excluding hydrogens is 1770 g/mol. The topological polar surface area (TPSA) is 307 Å². The number of alkyl carbamates (subject to hydrolysis) is 1. The predicted molar refractivity (Wildman–Crippen MR) is 548 cm³/mol. The Labute approximate surface area is 827 Å². The quantitative estimate of drug-likeness (QED) is 0.0271. The fraction of sp³-hybridized carbons (Fsp3) is 0.504. The first kappa shape index (κ1) is 96.8. The number of nitrogens with zero attached hydrogens (tertiary/aromatic N) is 6. The number of carbonyl (C=O) groups is 6. The molecule has 13 aliphatic carbocycles. The lowest BCUT2D eigenvalue weighted by Gasteiger charge is -2.37. The van der Waals surface area contributed by atoms with E-state index in [-0.39, 0.29) is 48.8 Å². The van der Waals surface area contributed by atoms with Crippen molar-refractivity contribution in [1.82, 2.24) is 50.3 Å². The van der Waals surface area contributed by atoms with Gasteiger partial charge < -0.3 is 68.9 Å². The van der Waals surface area contributed by atoms with Crippen LogP contribution in [-0.2, 0) is 110 Å². The van der Waals surface area contributed by atoms with Crippen LogP contribution in [0.1, 0.15) is 254 Å². The van der Waals surface area contributed by atoms with Gasteiger partial charge in [0.05, 0.1) is 121 Å². The third-order valence-electron chi connectivity index (χ3n) is 34.4. The van der Waals surface area contributed by atoms with Crippen LogP contribution in [0.5, 0.6) is 0 Å². The molecule has 17 aliphatic rings. The summed E-state index contributed by atoms with van der Waals surface area (Å²) in [5, 5.41) is 15.4. The molecule has 28 rings (SSSR count).